The maximum atomic E-state index is 12.6. The second kappa shape index (κ2) is 5.41. The Morgan fingerprint density at radius 2 is 1.48 bits per heavy atom. The maximum absolute atomic E-state index is 12.6. The van der Waals surface area contributed by atoms with Gasteiger partial charge in [0.25, 0.3) is 10.0 Å². The highest BCUT2D eigenvalue weighted by molar-refractivity contribution is 7.92. The number of nitrogen functional groups attached to an aromatic ring is 1. The van der Waals surface area contributed by atoms with Crippen molar-refractivity contribution in [1.82, 2.24) is 0 Å². The molecule has 0 heterocycles. The highest BCUT2D eigenvalue weighted by atomic mass is 32.2. The highest BCUT2D eigenvalue weighted by Crippen LogP contribution is 2.27. The van der Waals surface area contributed by atoms with Gasteiger partial charge in [0.15, 0.2) is 0 Å². The summed E-state index contributed by atoms with van der Waals surface area (Å²) in [5.74, 6) is 0. The molecule has 0 aliphatic rings. The standard InChI is InChI=1S/C16H20N2O2S/c1-10-5-6-15(11(2)7-10)21(19,20)18-16-12(3)8-14(17)9-13(16)4/h5-9,18H,17H2,1-4H3. The molecule has 0 amide bonds. The molecule has 2 aromatic carbocycles. The Hall–Kier alpha value is -2.01. The summed E-state index contributed by atoms with van der Waals surface area (Å²) in [5, 5.41) is 0. The van der Waals surface area contributed by atoms with Crippen LogP contribution in [-0.4, -0.2) is 8.42 Å². The zero-order chi connectivity index (χ0) is 15.8. The van der Waals surface area contributed by atoms with Crippen molar-refractivity contribution in [2.75, 3.05) is 10.5 Å². The predicted octanol–water partition coefficient (Wildman–Crippen LogP) is 3.30. The molecule has 21 heavy (non-hydrogen) atoms. The van der Waals surface area contributed by atoms with Crippen molar-refractivity contribution in [3.8, 4) is 0 Å². The molecule has 0 unspecified atom stereocenters. The van der Waals surface area contributed by atoms with E-state index >= 15 is 0 Å². The minimum absolute atomic E-state index is 0.295. The number of sulfonamides is 1. The molecule has 4 nitrogen and oxygen atoms in total. The summed E-state index contributed by atoms with van der Waals surface area (Å²) < 4.78 is 27.8. The molecular weight excluding hydrogens is 284 g/mol. The number of nitrogens with two attached hydrogens (primary N) is 1. The number of nitrogens with one attached hydrogen (secondary N) is 1. The van der Waals surface area contributed by atoms with Gasteiger partial charge in [-0.05, 0) is 62.6 Å². The number of hydrogen-bond acceptors (Lipinski definition) is 3. The van der Waals surface area contributed by atoms with Crippen LogP contribution in [0.4, 0.5) is 11.4 Å². The second-order valence-corrected chi connectivity index (χ2v) is 7.05. The Morgan fingerprint density at radius 3 is 2.00 bits per heavy atom. The first kappa shape index (κ1) is 15.4. The Bertz CT molecular complexity index is 773. The van der Waals surface area contributed by atoms with Crippen LogP contribution in [0, 0.1) is 27.7 Å². The van der Waals surface area contributed by atoms with E-state index < -0.39 is 10.0 Å². The fraction of sp³-hybridized carbons (Fsp3) is 0.250. The lowest BCUT2D eigenvalue weighted by Gasteiger charge is -2.15. The third-order valence-corrected chi connectivity index (χ3v) is 4.92. The zero-order valence-electron chi connectivity index (χ0n) is 12.7. The summed E-state index contributed by atoms with van der Waals surface area (Å²) >= 11 is 0. The van der Waals surface area contributed by atoms with Crippen molar-refractivity contribution in [2.45, 2.75) is 32.6 Å². The van der Waals surface area contributed by atoms with Crippen LogP contribution in [0.5, 0.6) is 0 Å². The molecule has 2 rings (SSSR count). The Kier molecular flexibility index (Phi) is 3.96. The molecule has 3 N–H and O–H groups in total. The molecule has 0 aliphatic carbocycles. The van der Waals surface area contributed by atoms with Crippen molar-refractivity contribution >= 4 is 21.4 Å². The van der Waals surface area contributed by atoms with E-state index in [9.17, 15) is 8.42 Å². The van der Waals surface area contributed by atoms with Crippen LogP contribution in [-0.2, 0) is 10.0 Å². The van der Waals surface area contributed by atoms with E-state index in [0.29, 0.717) is 16.3 Å². The molecule has 0 spiro atoms. The SMILES string of the molecule is Cc1ccc(S(=O)(=O)Nc2c(C)cc(N)cc2C)c(C)c1. The van der Waals surface area contributed by atoms with Crippen molar-refractivity contribution in [3.63, 3.8) is 0 Å². The van der Waals surface area contributed by atoms with Gasteiger partial charge in [-0.3, -0.25) is 4.72 Å². The Labute approximate surface area is 126 Å². The molecule has 0 radical (unpaired) electrons. The van der Waals surface area contributed by atoms with Gasteiger partial charge in [0, 0.05) is 5.69 Å². The highest BCUT2D eigenvalue weighted by Gasteiger charge is 2.19. The molecule has 0 aromatic heterocycles. The van der Waals surface area contributed by atoms with Crippen LogP contribution in [0.15, 0.2) is 35.2 Å². The second-order valence-electron chi connectivity index (χ2n) is 5.40. The summed E-state index contributed by atoms with van der Waals surface area (Å²) in [7, 11) is -3.61. The van der Waals surface area contributed by atoms with Crippen LogP contribution in [0.25, 0.3) is 0 Å². The van der Waals surface area contributed by atoms with Crippen LogP contribution in [0.2, 0.25) is 0 Å². The van der Waals surface area contributed by atoms with Gasteiger partial charge < -0.3 is 5.73 Å². The summed E-state index contributed by atoms with van der Waals surface area (Å²) in [6.45, 7) is 7.40. The number of aryl methyl sites for hydroxylation is 4. The van der Waals surface area contributed by atoms with Gasteiger partial charge in [0.2, 0.25) is 0 Å². The first-order valence-corrected chi connectivity index (χ1v) is 8.16. The summed E-state index contributed by atoms with van der Waals surface area (Å²) in [6.07, 6.45) is 0. The monoisotopic (exact) mass is 304 g/mol. The van der Waals surface area contributed by atoms with E-state index in [1.807, 2.05) is 26.8 Å². The van der Waals surface area contributed by atoms with E-state index in [4.69, 9.17) is 5.73 Å². The molecule has 0 aliphatic heterocycles. The molecule has 0 atom stereocenters. The Balaban J connectivity index is 2.47. The van der Waals surface area contributed by atoms with Crippen molar-refractivity contribution in [3.05, 3.63) is 52.6 Å². The van der Waals surface area contributed by atoms with E-state index in [1.165, 1.54) is 0 Å². The molecule has 0 saturated carbocycles. The lowest BCUT2D eigenvalue weighted by atomic mass is 10.1. The lowest BCUT2D eigenvalue weighted by Crippen LogP contribution is -2.16. The molecule has 112 valence electrons. The lowest BCUT2D eigenvalue weighted by molar-refractivity contribution is 0.600. The minimum atomic E-state index is -3.61. The topological polar surface area (TPSA) is 72.2 Å². The largest absolute Gasteiger partial charge is 0.399 e. The van der Waals surface area contributed by atoms with Crippen molar-refractivity contribution in [1.29, 1.82) is 0 Å². The fourth-order valence-electron chi connectivity index (χ4n) is 2.45. The summed E-state index contributed by atoms with van der Waals surface area (Å²) in [6, 6.07) is 8.80. The van der Waals surface area contributed by atoms with Gasteiger partial charge in [-0.15, -0.1) is 0 Å². The van der Waals surface area contributed by atoms with Crippen molar-refractivity contribution < 1.29 is 8.42 Å². The molecule has 5 heteroatoms. The third kappa shape index (κ3) is 3.19. The van der Waals surface area contributed by atoms with Crippen molar-refractivity contribution in [2.24, 2.45) is 0 Å². The van der Waals surface area contributed by atoms with Crippen LogP contribution >= 0.6 is 0 Å². The Morgan fingerprint density at radius 1 is 0.905 bits per heavy atom. The number of anilines is 2. The van der Waals surface area contributed by atoms with E-state index in [-0.39, 0.29) is 0 Å². The average molecular weight is 304 g/mol. The van der Waals surface area contributed by atoms with E-state index in [1.54, 1.807) is 31.2 Å². The average Bonchev–Trinajstić information content (AvgIpc) is 2.33. The number of benzene rings is 2. The van der Waals surface area contributed by atoms with Gasteiger partial charge in [-0.2, -0.15) is 0 Å². The minimum Gasteiger partial charge on any atom is -0.399 e. The van der Waals surface area contributed by atoms with Crippen LogP contribution < -0.4 is 10.5 Å². The smallest absolute Gasteiger partial charge is 0.262 e. The molecule has 0 saturated heterocycles. The molecule has 0 fully saturated rings. The first-order chi connectivity index (χ1) is 9.70. The predicted molar refractivity (Wildman–Crippen MR) is 87.1 cm³/mol. The van der Waals surface area contributed by atoms with Gasteiger partial charge in [-0.1, -0.05) is 17.7 Å². The van der Waals surface area contributed by atoms with Gasteiger partial charge in [-0.25, -0.2) is 8.42 Å². The van der Waals surface area contributed by atoms with Crippen LogP contribution in [0.1, 0.15) is 22.3 Å². The van der Waals surface area contributed by atoms with Gasteiger partial charge in [0.1, 0.15) is 0 Å². The summed E-state index contributed by atoms with van der Waals surface area (Å²) in [4.78, 5) is 0.295. The van der Waals surface area contributed by atoms with E-state index in [2.05, 4.69) is 4.72 Å². The number of rotatable bonds is 3. The maximum Gasteiger partial charge on any atom is 0.262 e. The third-order valence-electron chi connectivity index (χ3n) is 3.41. The first-order valence-electron chi connectivity index (χ1n) is 6.67. The quantitative estimate of drug-likeness (QED) is 0.855. The molecule has 0 bridgehead atoms. The summed E-state index contributed by atoms with van der Waals surface area (Å²) in [5.41, 5.74) is 10.4. The normalized spacial score (nSPS) is 11.4. The fourth-order valence-corrected chi connectivity index (χ4v) is 3.88. The zero-order valence-corrected chi connectivity index (χ0v) is 13.5. The molecular formula is C16H20N2O2S. The van der Waals surface area contributed by atoms with Crippen LogP contribution in [0.3, 0.4) is 0 Å². The van der Waals surface area contributed by atoms with E-state index in [0.717, 1.165) is 22.3 Å². The number of hydrogen-bond donors (Lipinski definition) is 2. The van der Waals surface area contributed by atoms with Gasteiger partial charge in [0.05, 0.1) is 10.6 Å². The molecule has 2 aromatic rings. The van der Waals surface area contributed by atoms with Gasteiger partial charge >= 0.3 is 0 Å².